The van der Waals surface area contributed by atoms with E-state index >= 15 is 0 Å². The molecule has 0 atom stereocenters. The molecule has 0 saturated carbocycles. The number of hydrogen-bond acceptors (Lipinski definition) is 4. The van der Waals surface area contributed by atoms with Crippen molar-refractivity contribution in [3.8, 4) is 0 Å². The van der Waals surface area contributed by atoms with Gasteiger partial charge >= 0.3 is 0 Å². The van der Waals surface area contributed by atoms with E-state index in [0.717, 1.165) is 5.56 Å². The van der Waals surface area contributed by atoms with Crippen LogP contribution in [0.5, 0.6) is 0 Å². The average Bonchev–Trinajstić information content (AvgIpc) is 2.67. The molecule has 0 fully saturated rings. The highest BCUT2D eigenvalue weighted by molar-refractivity contribution is 5.10. The van der Waals surface area contributed by atoms with Crippen LogP contribution in [0.25, 0.3) is 0 Å². The van der Waals surface area contributed by atoms with Gasteiger partial charge in [0.15, 0.2) is 0 Å². The molecule has 84 valence electrons. The van der Waals surface area contributed by atoms with Crippen molar-refractivity contribution in [2.45, 2.75) is 26.0 Å². The molecule has 0 saturated heterocycles. The fourth-order valence-corrected chi connectivity index (χ4v) is 1.33. The molecule has 2 aromatic rings. The van der Waals surface area contributed by atoms with Crippen molar-refractivity contribution in [2.24, 2.45) is 0 Å². The molecule has 2 rings (SSSR count). The van der Waals surface area contributed by atoms with E-state index in [1.54, 1.807) is 37.1 Å². The smallest absolute Gasteiger partial charge is 0.114 e. The summed E-state index contributed by atoms with van der Waals surface area (Å²) in [6.45, 7) is 3.98. The van der Waals surface area contributed by atoms with E-state index in [-0.39, 0.29) is 0 Å². The monoisotopic (exact) mass is 218 g/mol. The van der Waals surface area contributed by atoms with Crippen molar-refractivity contribution in [3.05, 3.63) is 42.0 Å². The summed E-state index contributed by atoms with van der Waals surface area (Å²) in [5.41, 5.74) is 0.666. The zero-order valence-electron chi connectivity index (χ0n) is 9.33. The van der Waals surface area contributed by atoms with E-state index in [1.807, 2.05) is 12.1 Å². The third kappa shape index (κ3) is 2.43. The first-order valence-electron chi connectivity index (χ1n) is 5.07. The van der Waals surface area contributed by atoms with Gasteiger partial charge in [-0.3, -0.25) is 4.98 Å². The van der Waals surface area contributed by atoms with Gasteiger partial charge in [-0.1, -0.05) is 11.3 Å². The zero-order valence-corrected chi connectivity index (χ0v) is 9.33. The van der Waals surface area contributed by atoms with Crippen molar-refractivity contribution in [1.29, 1.82) is 0 Å². The third-order valence-corrected chi connectivity index (χ3v) is 2.23. The summed E-state index contributed by atoms with van der Waals surface area (Å²) in [6.07, 6.45) is 5.26. The molecular formula is C11H14N4O. The highest BCUT2D eigenvalue weighted by atomic mass is 16.3. The Morgan fingerprint density at radius 3 is 2.81 bits per heavy atom. The van der Waals surface area contributed by atoms with Gasteiger partial charge in [0, 0.05) is 12.4 Å². The van der Waals surface area contributed by atoms with Gasteiger partial charge in [-0.2, -0.15) is 0 Å². The van der Waals surface area contributed by atoms with Crippen LogP contribution < -0.4 is 0 Å². The van der Waals surface area contributed by atoms with Gasteiger partial charge in [-0.25, -0.2) is 4.68 Å². The van der Waals surface area contributed by atoms with E-state index in [1.165, 1.54) is 0 Å². The van der Waals surface area contributed by atoms with Crippen molar-refractivity contribution in [2.75, 3.05) is 0 Å². The summed E-state index contributed by atoms with van der Waals surface area (Å²) in [4.78, 5) is 4.03. The standard InChI is InChI=1S/C11H14N4O/c1-11(2,16)10-8-15(14-13-10)7-9-4-3-5-12-6-9/h3-6,8,16H,7H2,1-2H3. The Bertz CT molecular complexity index is 458. The number of aromatic nitrogens is 4. The first-order chi connectivity index (χ1) is 7.55. The van der Waals surface area contributed by atoms with Crippen LogP contribution in [0.2, 0.25) is 0 Å². The van der Waals surface area contributed by atoms with Gasteiger partial charge in [-0.15, -0.1) is 5.10 Å². The molecule has 0 aliphatic carbocycles. The third-order valence-electron chi connectivity index (χ3n) is 2.23. The Morgan fingerprint density at radius 1 is 1.44 bits per heavy atom. The van der Waals surface area contributed by atoms with E-state index in [4.69, 9.17) is 0 Å². The highest BCUT2D eigenvalue weighted by Crippen LogP contribution is 2.15. The number of nitrogens with zero attached hydrogens (tertiary/aromatic N) is 4. The van der Waals surface area contributed by atoms with Crippen LogP contribution in [-0.4, -0.2) is 25.1 Å². The number of rotatable bonds is 3. The van der Waals surface area contributed by atoms with Crippen LogP contribution in [0.15, 0.2) is 30.7 Å². The fraction of sp³-hybridized carbons (Fsp3) is 0.364. The maximum atomic E-state index is 9.74. The van der Waals surface area contributed by atoms with Crippen LogP contribution in [0, 0.1) is 0 Å². The van der Waals surface area contributed by atoms with Gasteiger partial charge < -0.3 is 5.11 Å². The number of pyridine rings is 1. The molecule has 5 heteroatoms. The van der Waals surface area contributed by atoms with Crippen molar-refractivity contribution >= 4 is 0 Å². The molecule has 0 radical (unpaired) electrons. The fourth-order valence-electron chi connectivity index (χ4n) is 1.33. The Labute approximate surface area is 93.8 Å². The molecule has 1 N–H and O–H groups in total. The summed E-state index contributed by atoms with van der Waals surface area (Å²) in [5.74, 6) is 0. The number of aliphatic hydroxyl groups is 1. The zero-order chi connectivity index (χ0) is 11.6. The predicted molar refractivity (Wildman–Crippen MR) is 58.6 cm³/mol. The second-order valence-corrected chi connectivity index (χ2v) is 4.22. The SMILES string of the molecule is CC(C)(O)c1cn(Cc2cccnc2)nn1. The van der Waals surface area contributed by atoms with E-state index in [9.17, 15) is 5.11 Å². The Kier molecular flexibility index (Phi) is 2.70. The average molecular weight is 218 g/mol. The first kappa shape index (κ1) is 10.8. The lowest BCUT2D eigenvalue weighted by Crippen LogP contribution is -2.15. The molecule has 0 aliphatic rings. The van der Waals surface area contributed by atoms with Gasteiger partial charge in [0.05, 0.1) is 12.7 Å². The minimum Gasteiger partial charge on any atom is -0.384 e. The van der Waals surface area contributed by atoms with Gasteiger partial charge in [0.25, 0.3) is 0 Å². The normalized spacial score (nSPS) is 11.7. The predicted octanol–water partition coefficient (Wildman–Crippen LogP) is 0.949. The van der Waals surface area contributed by atoms with Crippen molar-refractivity contribution in [1.82, 2.24) is 20.0 Å². The second kappa shape index (κ2) is 4.02. The lowest BCUT2D eigenvalue weighted by Gasteiger charge is -2.11. The van der Waals surface area contributed by atoms with E-state index in [0.29, 0.717) is 12.2 Å². The largest absolute Gasteiger partial charge is 0.384 e. The van der Waals surface area contributed by atoms with Gasteiger partial charge in [0.2, 0.25) is 0 Å². The van der Waals surface area contributed by atoms with Crippen molar-refractivity contribution in [3.63, 3.8) is 0 Å². The summed E-state index contributed by atoms with van der Waals surface area (Å²) in [5, 5.41) is 17.6. The lowest BCUT2D eigenvalue weighted by molar-refractivity contribution is 0.0737. The molecule has 0 aliphatic heterocycles. The Morgan fingerprint density at radius 2 is 2.25 bits per heavy atom. The first-order valence-corrected chi connectivity index (χ1v) is 5.07. The van der Waals surface area contributed by atoms with Crippen LogP contribution >= 0.6 is 0 Å². The molecule has 2 aromatic heterocycles. The molecule has 0 aromatic carbocycles. The molecule has 0 unspecified atom stereocenters. The molecule has 0 bridgehead atoms. The molecule has 0 spiro atoms. The van der Waals surface area contributed by atoms with Gasteiger partial charge in [-0.05, 0) is 25.5 Å². The lowest BCUT2D eigenvalue weighted by atomic mass is 10.1. The Balaban J connectivity index is 2.15. The molecular weight excluding hydrogens is 204 g/mol. The summed E-state index contributed by atoms with van der Waals surface area (Å²) < 4.78 is 1.68. The van der Waals surface area contributed by atoms with Crippen LogP contribution in [-0.2, 0) is 12.1 Å². The van der Waals surface area contributed by atoms with Gasteiger partial charge in [0.1, 0.15) is 11.3 Å². The summed E-state index contributed by atoms with van der Waals surface area (Å²) in [6, 6.07) is 3.85. The maximum absolute atomic E-state index is 9.74. The molecule has 5 nitrogen and oxygen atoms in total. The topological polar surface area (TPSA) is 63.8 Å². The minimum atomic E-state index is -0.951. The second-order valence-electron chi connectivity index (χ2n) is 4.22. The van der Waals surface area contributed by atoms with Crippen molar-refractivity contribution < 1.29 is 5.11 Å². The van der Waals surface area contributed by atoms with E-state index in [2.05, 4.69) is 15.3 Å². The van der Waals surface area contributed by atoms with Crippen LogP contribution in [0.3, 0.4) is 0 Å². The summed E-state index contributed by atoms with van der Waals surface area (Å²) >= 11 is 0. The van der Waals surface area contributed by atoms with E-state index < -0.39 is 5.60 Å². The summed E-state index contributed by atoms with van der Waals surface area (Å²) in [7, 11) is 0. The highest BCUT2D eigenvalue weighted by Gasteiger charge is 2.19. The van der Waals surface area contributed by atoms with Crippen LogP contribution in [0.4, 0.5) is 0 Å². The number of hydrogen-bond donors (Lipinski definition) is 1. The molecule has 0 amide bonds. The quantitative estimate of drug-likeness (QED) is 0.833. The molecule has 16 heavy (non-hydrogen) atoms. The maximum Gasteiger partial charge on any atom is 0.114 e. The van der Waals surface area contributed by atoms with Crippen LogP contribution in [0.1, 0.15) is 25.1 Å². The minimum absolute atomic E-state index is 0.566. The Hall–Kier alpha value is -1.75. The molecule has 2 heterocycles.